The molecule has 0 aliphatic rings. The highest BCUT2D eigenvalue weighted by Crippen LogP contribution is 2.19. The molecule has 9 nitrogen and oxygen atoms in total. The summed E-state index contributed by atoms with van der Waals surface area (Å²) in [5.74, 6) is -0.748. The van der Waals surface area contributed by atoms with Gasteiger partial charge in [0.1, 0.15) is 6.10 Å². The minimum atomic E-state index is -0.299. The zero-order valence-corrected chi connectivity index (χ0v) is 47.0. The maximum Gasteiger partial charge on any atom is 0.306 e. The Labute approximate surface area is 433 Å². The van der Waals surface area contributed by atoms with Crippen LogP contribution in [-0.4, -0.2) is 86.7 Å². The minimum absolute atomic E-state index is 0.0337. The fraction of sp³-hybridized carbons (Fsp3) is 0.869. The standard InChI is InChI=1S/C61H114N2O7/c1-7-11-15-19-22-23-24-25-26-27-28-29-30-34-40-48-59(65)68-54-56(53-63(52-44-43-51-62(5)6)58(64)47-39-31-18-14-10-4)55-69-60(66)49-41-35-36-42-50-61(67)70-57(45-37-32-20-16-12-8-2)46-38-33-21-17-13-9-3/h22-23,25-26,56-57H,7-21,24,27-55H2,1-6H3/b23-22-,26-25-. The Bertz CT molecular complexity index is 1240. The maximum atomic E-state index is 13.6. The lowest BCUT2D eigenvalue weighted by Gasteiger charge is -2.28. The molecule has 9 heteroatoms. The molecule has 0 aromatic rings. The minimum Gasteiger partial charge on any atom is -0.465 e. The summed E-state index contributed by atoms with van der Waals surface area (Å²) in [6.07, 6.45) is 50.4. The Morgan fingerprint density at radius 3 is 1.29 bits per heavy atom. The first-order chi connectivity index (χ1) is 34.2. The van der Waals surface area contributed by atoms with Gasteiger partial charge in [0.05, 0.1) is 13.2 Å². The Kier molecular flexibility index (Phi) is 50.6. The van der Waals surface area contributed by atoms with Crippen molar-refractivity contribution in [3.05, 3.63) is 24.3 Å². The van der Waals surface area contributed by atoms with E-state index in [1.165, 1.54) is 103 Å². The fourth-order valence-electron chi connectivity index (χ4n) is 8.90. The Morgan fingerprint density at radius 2 is 0.800 bits per heavy atom. The summed E-state index contributed by atoms with van der Waals surface area (Å²) in [5.41, 5.74) is 0. The third kappa shape index (κ3) is 47.6. The first-order valence-electron chi connectivity index (χ1n) is 29.9. The van der Waals surface area contributed by atoms with Crippen LogP contribution in [0.25, 0.3) is 0 Å². The highest BCUT2D eigenvalue weighted by molar-refractivity contribution is 5.76. The van der Waals surface area contributed by atoms with Crippen LogP contribution >= 0.6 is 0 Å². The van der Waals surface area contributed by atoms with Crippen molar-refractivity contribution in [2.24, 2.45) is 5.92 Å². The molecular formula is C61H114N2O7. The fourth-order valence-corrected chi connectivity index (χ4v) is 8.90. The largest absolute Gasteiger partial charge is 0.465 e. The Hall–Kier alpha value is -2.68. The highest BCUT2D eigenvalue weighted by Gasteiger charge is 2.22. The van der Waals surface area contributed by atoms with Gasteiger partial charge in [0.2, 0.25) is 5.91 Å². The topological polar surface area (TPSA) is 102 Å². The van der Waals surface area contributed by atoms with Crippen molar-refractivity contribution in [1.29, 1.82) is 0 Å². The van der Waals surface area contributed by atoms with Crippen LogP contribution in [0.1, 0.15) is 285 Å². The molecule has 0 fully saturated rings. The average molecular weight is 988 g/mol. The van der Waals surface area contributed by atoms with E-state index in [1.54, 1.807) is 0 Å². The number of hydrogen-bond acceptors (Lipinski definition) is 8. The molecule has 0 saturated heterocycles. The van der Waals surface area contributed by atoms with Crippen molar-refractivity contribution >= 4 is 23.8 Å². The maximum absolute atomic E-state index is 13.6. The number of nitrogens with zero attached hydrogens (tertiary/aromatic N) is 2. The molecule has 0 aliphatic carbocycles. The number of unbranched alkanes of at least 4 members (excludes halogenated alkanes) is 26. The van der Waals surface area contributed by atoms with Gasteiger partial charge in [-0.25, -0.2) is 0 Å². The van der Waals surface area contributed by atoms with Gasteiger partial charge in [0, 0.05) is 44.7 Å². The van der Waals surface area contributed by atoms with Crippen molar-refractivity contribution < 1.29 is 33.4 Å². The summed E-state index contributed by atoms with van der Waals surface area (Å²) < 4.78 is 17.7. The lowest BCUT2D eigenvalue weighted by molar-refractivity contribution is -0.151. The molecule has 0 rings (SSSR count). The van der Waals surface area contributed by atoms with Gasteiger partial charge in [0.25, 0.3) is 0 Å². The molecule has 0 spiro atoms. The van der Waals surface area contributed by atoms with E-state index < -0.39 is 0 Å². The number of carbonyl (C=O) groups is 4. The van der Waals surface area contributed by atoms with Crippen molar-refractivity contribution in [3.63, 3.8) is 0 Å². The molecule has 1 unspecified atom stereocenters. The molecule has 0 aromatic carbocycles. The van der Waals surface area contributed by atoms with Crippen LogP contribution in [0.15, 0.2) is 24.3 Å². The number of carbonyl (C=O) groups excluding carboxylic acids is 4. The zero-order chi connectivity index (χ0) is 51.4. The Balaban J connectivity index is 5.09. The third-order valence-electron chi connectivity index (χ3n) is 13.5. The van der Waals surface area contributed by atoms with Gasteiger partial charge in [-0.1, -0.05) is 187 Å². The number of esters is 3. The summed E-state index contributed by atoms with van der Waals surface area (Å²) in [5, 5.41) is 0. The normalized spacial score (nSPS) is 12.2. The average Bonchev–Trinajstić information content (AvgIpc) is 3.34. The van der Waals surface area contributed by atoms with Crippen LogP contribution in [0.5, 0.6) is 0 Å². The van der Waals surface area contributed by atoms with Gasteiger partial charge in [-0.05, 0) is 117 Å². The predicted octanol–water partition coefficient (Wildman–Crippen LogP) is 16.8. The first kappa shape index (κ1) is 67.3. The van der Waals surface area contributed by atoms with Crippen LogP contribution in [0.4, 0.5) is 0 Å². The van der Waals surface area contributed by atoms with Crippen LogP contribution in [0.2, 0.25) is 0 Å². The van der Waals surface area contributed by atoms with Crippen LogP contribution in [0, 0.1) is 5.92 Å². The van der Waals surface area contributed by atoms with Crippen LogP contribution in [0.3, 0.4) is 0 Å². The van der Waals surface area contributed by atoms with Crippen LogP contribution < -0.4 is 0 Å². The number of hydrogen-bond donors (Lipinski definition) is 0. The summed E-state index contributed by atoms with van der Waals surface area (Å²) in [6.45, 7) is 11.1. The molecular weight excluding hydrogens is 873 g/mol. The van der Waals surface area contributed by atoms with Gasteiger partial charge < -0.3 is 24.0 Å². The smallest absolute Gasteiger partial charge is 0.306 e. The SMILES string of the molecule is CCCCC/C=C\C/C=C\CCCCCCCC(=O)OCC(COC(=O)CCCCCCC(=O)OC(CCCCCCCC)CCCCCCCC)CN(CCCCN(C)C)C(=O)CCCCCCC. The summed E-state index contributed by atoms with van der Waals surface area (Å²) in [6, 6.07) is 0. The molecule has 70 heavy (non-hydrogen) atoms. The van der Waals surface area contributed by atoms with E-state index in [0.717, 1.165) is 129 Å². The molecule has 0 N–H and O–H groups in total. The third-order valence-corrected chi connectivity index (χ3v) is 13.5. The molecule has 0 aliphatic heterocycles. The van der Waals surface area contributed by atoms with Crippen LogP contribution in [-0.2, 0) is 33.4 Å². The summed E-state index contributed by atoms with van der Waals surface area (Å²) in [4.78, 5) is 56.7. The molecule has 1 atom stereocenters. The first-order valence-corrected chi connectivity index (χ1v) is 29.9. The monoisotopic (exact) mass is 987 g/mol. The van der Waals surface area contributed by atoms with E-state index in [0.29, 0.717) is 45.2 Å². The van der Waals surface area contributed by atoms with Gasteiger partial charge >= 0.3 is 17.9 Å². The molecule has 0 heterocycles. The summed E-state index contributed by atoms with van der Waals surface area (Å²) >= 11 is 0. The second-order valence-electron chi connectivity index (χ2n) is 20.9. The van der Waals surface area contributed by atoms with E-state index >= 15 is 0 Å². The molecule has 0 bridgehead atoms. The predicted molar refractivity (Wildman–Crippen MR) is 296 cm³/mol. The number of rotatable bonds is 53. The van der Waals surface area contributed by atoms with Crippen molar-refractivity contribution in [1.82, 2.24) is 9.80 Å². The highest BCUT2D eigenvalue weighted by atomic mass is 16.5. The molecule has 410 valence electrons. The van der Waals surface area contributed by atoms with E-state index in [1.807, 2.05) is 4.90 Å². The van der Waals surface area contributed by atoms with Gasteiger partial charge in [-0.3, -0.25) is 19.2 Å². The van der Waals surface area contributed by atoms with Gasteiger partial charge in [-0.2, -0.15) is 0 Å². The molecule has 0 aromatic heterocycles. The van der Waals surface area contributed by atoms with Crippen molar-refractivity contribution in [3.8, 4) is 0 Å². The quantitative estimate of drug-likeness (QED) is 0.0257. The Morgan fingerprint density at radius 1 is 0.414 bits per heavy atom. The van der Waals surface area contributed by atoms with Crippen molar-refractivity contribution in [2.45, 2.75) is 291 Å². The zero-order valence-electron chi connectivity index (χ0n) is 47.0. The van der Waals surface area contributed by atoms with Gasteiger partial charge in [0.15, 0.2) is 0 Å². The summed E-state index contributed by atoms with van der Waals surface area (Å²) in [7, 11) is 4.13. The number of allylic oxidation sites excluding steroid dienone is 4. The van der Waals surface area contributed by atoms with Crippen molar-refractivity contribution in [2.75, 3.05) is 46.9 Å². The lowest BCUT2D eigenvalue weighted by atomic mass is 10.0. The molecule has 0 radical (unpaired) electrons. The molecule has 0 saturated carbocycles. The van der Waals surface area contributed by atoms with E-state index in [4.69, 9.17) is 14.2 Å². The van der Waals surface area contributed by atoms with E-state index in [-0.39, 0.29) is 49.1 Å². The van der Waals surface area contributed by atoms with E-state index in [9.17, 15) is 19.2 Å². The molecule has 1 amide bonds. The lowest BCUT2D eigenvalue weighted by Crippen LogP contribution is -2.39. The van der Waals surface area contributed by atoms with Gasteiger partial charge in [-0.15, -0.1) is 0 Å². The second-order valence-corrected chi connectivity index (χ2v) is 20.9. The number of ether oxygens (including phenoxy) is 3. The number of amides is 1. The van der Waals surface area contributed by atoms with E-state index in [2.05, 4.69) is 71.0 Å². The second kappa shape index (κ2) is 52.6.